The van der Waals surface area contributed by atoms with Crippen molar-refractivity contribution < 1.29 is 18.5 Å². The Labute approximate surface area is 104 Å². The Morgan fingerprint density at radius 2 is 2.11 bits per heavy atom. The molecule has 0 bridgehead atoms. The molecule has 0 unspecified atom stereocenters. The molecule has 98 valence electrons. The Hall–Kier alpha value is -2.77. The maximum absolute atomic E-state index is 13.4. The minimum absolute atomic E-state index is 0.0847. The molecule has 19 heavy (non-hydrogen) atoms. The summed E-state index contributed by atoms with van der Waals surface area (Å²) in [6.45, 7) is 1.38. The number of halogens is 1. The van der Waals surface area contributed by atoms with Gasteiger partial charge in [0.05, 0.1) is 4.92 Å². The van der Waals surface area contributed by atoms with Crippen molar-refractivity contribution >= 4 is 22.6 Å². The number of fused-ring (bicyclic) bond motifs is 1. The molecule has 1 aromatic carbocycles. The number of carbonyl (C=O) groups excluding carboxylic acids is 1. The van der Waals surface area contributed by atoms with E-state index in [4.69, 9.17) is 10.2 Å². The van der Waals surface area contributed by atoms with E-state index in [0.717, 1.165) is 12.1 Å². The van der Waals surface area contributed by atoms with Crippen LogP contribution in [0.5, 0.6) is 0 Å². The van der Waals surface area contributed by atoms with Gasteiger partial charge in [-0.1, -0.05) is 0 Å². The number of aryl methyl sites for hydroxylation is 1. The summed E-state index contributed by atoms with van der Waals surface area (Å²) in [7, 11) is 0. The highest BCUT2D eigenvalue weighted by atomic mass is 19.1. The van der Waals surface area contributed by atoms with E-state index in [2.05, 4.69) is 0 Å². The lowest BCUT2D eigenvalue weighted by molar-refractivity contribution is -0.387. The topological polar surface area (TPSA) is 116 Å². The van der Waals surface area contributed by atoms with Crippen LogP contribution in [0.2, 0.25) is 0 Å². The van der Waals surface area contributed by atoms with Crippen molar-refractivity contribution in [3.05, 3.63) is 49.6 Å². The van der Waals surface area contributed by atoms with Crippen molar-refractivity contribution in [2.24, 2.45) is 5.73 Å². The fourth-order valence-electron chi connectivity index (χ4n) is 1.79. The summed E-state index contributed by atoms with van der Waals surface area (Å²) < 4.78 is 18.1. The van der Waals surface area contributed by atoms with Crippen molar-refractivity contribution in [1.29, 1.82) is 0 Å². The highest BCUT2D eigenvalue weighted by molar-refractivity contribution is 5.98. The number of hydrogen-bond donors (Lipinski definition) is 1. The number of nitrogens with zero attached hydrogens (tertiary/aromatic N) is 1. The Morgan fingerprint density at radius 1 is 1.47 bits per heavy atom. The number of nitro benzene ring substituents is 1. The molecule has 0 atom stereocenters. The van der Waals surface area contributed by atoms with Crippen LogP contribution in [0.15, 0.2) is 21.3 Å². The average molecular weight is 266 g/mol. The number of nitrogens with two attached hydrogens (primary N) is 1. The van der Waals surface area contributed by atoms with Crippen LogP contribution >= 0.6 is 0 Å². The summed E-state index contributed by atoms with van der Waals surface area (Å²) in [5, 5.41) is 10.7. The fraction of sp³-hybridized carbons (Fsp3) is 0.0909. The standard InChI is InChI=1S/C11H7FN2O5/c1-4-5-2-7(14(17)18)6(12)3-8(5)19-11(16)9(4)10(13)15/h2-3H,1H3,(H2,13,15). The van der Waals surface area contributed by atoms with Crippen LogP contribution in [0.4, 0.5) is 10.1 Å². The van der Waals surface area contributed by atoms with Crippen molar-refractivity contribution in [2.75, 3.05) is 0 Å². The molecule has 2 aromatic rings. The average Bonchev–Trinajstić information content (AvgIpc) is 2.26. The van der Waals surface area contributed by atoms with Crippen molar-refractivity contribution in [3.8, 4) is 0 Å². The van der Waals surface area contributed by atoms with Crippen molar-refractivity contribution in [2.45, 2.75) is 6.92 Å². The van der Waals surface area contributed by atoms with Crippen LogP contribution in [-0.4, -0.2) is 10.8 Å². The van der Waals surface area contributed by atoms with Gasteiger partial charge >= 0.3 is 11.3 Å². The number of hydrogen-bond acceptors (Lipinski definition) is 5. The highest BCUT2D eigenvalue weighted by Crippen LogP contribution is 2.27. The van der Waals surface area contributed by atoms with Gasteiger partial charge in [0.2, 0.25) is 5.82 Å². The minimum atomic E-state index is -1.13. The van der Waals surface area contributed by atoms with Crippen LogP contribution in [0.3, 0.4) is 0 Å². The van der Waals surface area contributed by atoms with E-state index >= 15 is 0 Å². The van der Waals surface area contributed by atoms with Gasteiger partial charge < -0.3 is 10.2 Å². The second kappa shape index (κ2) is 4.16. The van der Waals surface area contributed by atoms with E-state index in [-0.39, 0.29) is 16.5 Å². The molecule has 0 aliphatic carbocycles. The zero-order valence-corrected chi connectivity index (χ0v) is 9.60. The predicted molar refractivity (Wildman–Crippen MR) is 62.4 cm³/mol. The third-order valence-corrected chi connectivity index (χ3v) is 2.68. The molecule has 7 nitrogen and oxygen atoms in total. The quantitative estimate of drug-likeness (QED) is 0.498. The van der Waals surface area contributed by atoms with Crippen molar-refractivity contribution in [3.63, 3.8) is 0 Å². The fourth-order valence-corrected chi connectivity index (χ4v) is 1.79. The number of rotatable bonds is 2. The molecular formula is C11H7FN2O5. The lowest BCUT2D eigenvalue weighted by Gasteiger charge is -2.05. The molecule has 0 fully saturated rings. The van der Waals surface area contributed by atoms with E-state index in [1.54, 1.807) is 0 Å². The monoisotopic (exact) mass is 266 g/mol. The van der Waals surface area contributed by atoms with Gasteiger partial charge in [0.25, 0.3) is 5.91 Å². The zero-order chi connectivity index (χ0) is 14.3. The maximum Gasteiger partial charge on any atom is 0.349 e. The van der Waals surface area contributed by atoms with Crippen LogP contribution in [0.1, 0.15) is 15.9 Å². The van der Waals surface area contributed by atoms with Gasteiger partial charge in [-0.25, -0.2) is 4.79 Å². The first kappa shape index (κ1) is 12.7. The Bertz CT molecular complexity index is 781. The van der Waals surface area contributed by atoms with Gasteiger partial charge in [0.1, 0.15) is 11.1 Å². The molecule has 0 radical (unpaired) electrons. The summed E-state index contributed by atoms with van der Waals surface area (Å²) in [6, 6.07) is 1.63. The third-order valence-electron chi connectivity index (χ3n) is 2.68. The molecule has 0 spiro atoms. The van der Waals surface area contributed by atoms with Gasteiger partial charge in [0.15, 0.2) is 0 Å². The number of carbonyl (C=O) groups is 1. The van der Waals surface area contributed by atoms with Crippen LogP contribution in [0, 0.1) is 22.9 Å². The van der Waals surface area contributed by atoms with Gasteiger partial charge in [-0.3, -0.25) is 14.9 Å². The van der Waals surface area contributed by atoms with E-state index in [0.29, 0.717) is 0 Å². The van der Waals surface area contributed by atoms with E-state index in [1.807, 2.05) is 0 Å². The molecule has 1 heterocycles. The minimum Gasteiger partial charge on any atom is -0.422 e. The van der Waals surface area contributed by atoms with Gasteiger partial charge in [-0.2, -0.15) is 4.39 Å². The third kappa shape index (κ3) is 1.92. The smallest absolute Gasteiger partial charge is 0.349 e. The lowest BCUT2D eigenvalue weighted by Crippen LogP contribution is -2.22. The SMILES string of the molecule is Cc1c(C(N)=O)c(=O)oc2cc(F)c([N+](=O)[O-])cc12. The summed E-state index contributed by atoms with van der Waals surface area (Å²) in [6.07, 6.45) is 0. The molecule has 0 aliphatic rings. The number of nitro groups is 1. The Kier molecular flexibility index (Phi) is 2.78. The summed E-state index contributed by atoms with van der Waals surface area (Å²) in [5.74, 6) is -2.15. The number of amides is 1. The molecular weight excluding hydrogens is 259 g/mol. The summed E-state index contributed by atoms with van der Waals surface area (Å²) in [5.41, 5.74) is 2.76. The largest absolute Gasteiger partial charge is 0.422 e. The number of primary amides is 1. The van der Waals surface area contributed by atoms with Crippen LogP contribution < -0.4 is 11.4 Å². The Balaban J connectivity index is 2.95. The molecule has 2 N–H and O–H groups in total. The molecule has 0 saturated carbocycles. The Morgan fingerprint density at radius 3 is 2.63 bits per heavy atom. The van der Waals surface area contributed by atoms with E-state index < -0.39 is 33.5 Å². The second-order valence-corrected chi connectivity index (χ2v) is 3.81. The summed E-state index contributed by atoms with van der Waals surface area (Å²) >= 11 is 0. The summed E-state index contributed by atoms with van der Waals surface area (Å²) in [4.78, 5) is 32.4. The van der Waals surface area contributed by atoms with Gasteiger partial charge in [-0.05, 0) is 12.5 Å². The van der Waals surface area contributed by atoms with Crippen LogP contribution in [-0.2, 0) is 0 Å². The molecule has 8 heteroatoms. The normalized spacial score (nSPS) is 10.6. The molecule has 2 rings (SSSR count). The highest BCUT2D eigenvalue weighted by Gasteiger charge is 2.21. The molecule has 0 aliphatic heterocycles. The first-order valence-corrected chi connectivity index (χ1v) is 5.04. The van der Waals surface area contributed by atoms with Gasteiger partial charge in [-0.15, -0.1) is 0 Å². The first-order valence-electron chi connectivity index (χ1n) is 5.04. The predicted octanol–water partition coefficient (Wildman–Crippen LogP) is 1.25. The molecule has 1 aromatic heterocycles. The van der Waals surface area contributed by atoms with Gasteiger partial charge in [0, 0.05) is 17.5 Å². The van der Waals surface area contributed by atoms with Crippen LogP contribution in [0.25, 0.3) is 11.0 Å². The van der Waals surface area contributed by atoms with Crippen molar-refractivity contribution in [1.82, 2.24) is 0 Å². The maximum atomic E-state index is 13.4. The molecule has 1 amide bonds. The zero-order valence-electron chi connectivity index (χ0n) is 9.60. The first-order chi connectivity index (χ1) is 8.82. The molecule has 0 saturated heterocycles. The number of benzene rings is 1. The lowest BCUT2D eigenvalue weighted by atomic mass is 10.0. The van der Waals surface area contributed by atoms with E-state index in [1.165, 1.54) is 6.92 Å². The second-order valence-electron chi connectivity index (χ2n) is 3.81. The van der Waals surface area contributed by atoms with E-state index in [9.17, 15) is 24.1 Å².